The number of aromatic nitrogens is 4. The van der Waals surface area contributed by atoms with Crippen LogP contribution in [0.4, 0.5) is 0 Å². The fraction of sp³-hybridized carbons (Fsp3) is 0.280. The maximum absolute atomic E-state index is 13.4. The summed E-state index contributed by atoms with van der Waals surface area (Å²) in [5.41, 5.74) is 4.66. The molecule has 0 saturated heterocycles. The monoisotopic (exact) mass is 459 g/mol. The molecule has 0 radical (unpaired) electrons. The molecule has 0 fully saturated rings. The molecule has 1 unspecified atom stereocenters. The molecule has 0 saturated carbocycles. The predicted octanol–water partition coefficient (Wildman–Crippen LogP) is 4.82. The molecule has 5 rings (SSSR count). The molecule has 168 valence electrons. The fourth-order valence-corrected chi connectivity index (χ4v) is 4.99. The van der Waals surface area contributed by atoms with Gasteiger partial charge < -0.3 is 9.73 Å². The Morgan fingerprint density at radius 3 is 2.82 bits per heavy atom. The minimum absolute atomic E-state index is 0.0790. The zero-order chi connectivity index (χ0) is 22.8. The molecule has 1 aromatic carbocycles. The van der Waals surface area contributed by atoms with Gasteiger partial charge in [0.25, 0.3) is 5.91 Å². The van der Waals surface area contributed by atoms with Crippen LogP contribution in [0.5, 0.6) is 0 Å². The number of benzene rings is 1. The normalized spacial score (nSPS) is 15.3. The molecular weight excluding hydrogens is 434 g/mol. The summed E-state index contributed by atoms with van der Waals surface area (Å²) in [5, 5.41) is 8.51. The molecule has 3 heterocycles. The molecule has 1 aliphatic carbocycles. The number of rotatable bonds is 6. The Labute approximate surface area is 196 Å². The average Bonchev–Trinajstić information content (AvgIpc) is 3.50. The van der Waals surface area contributed by atoms with Crippen molar-refractivity contribution in [2.24, 2.45) is 0 Å². The Hall–Kier alpha value is -3.39. The first-order chi connectivity index (χ1) is 16.1. The van der Waals surface area contributed by atoms with Gasteiger partial charge in [0.1, 0.15) is 5.03 Å². The van der Waals surface area contributed by atoms with Crippen molar-refractivity contribution in [2.75, 3.05) is 6.26 Å². The van der Waals surface area contributed by atoms with Gasteiger partial charge in [-0.15, -0.1) is 11.8 Å². The lowest BCUT2D eigenvalue weighted by atomic mass is 9.92. The zero-order valence-corrected chi connectivity index (χ0v) is 19.4. The Morgan fingerprint density at radius 2 is 2.06 bits per heavy atom. The lowest BCUT2D eigenvalue weighted by molar-refractivity contribution is 0.0927. The molecule has 0 bridgehead atoms. The van der Waals surface area contributed by atoms with Crippen molar-refractivity contribution >= 4 is 17.7 Å². The van der Waals surface area contributed by atoms with Gasteiger partial charge in [-0.25, -0.2) is 9.97 Å². The van der Waals surface area contributed by atoms with Gasteiger partial charge in [0, 0.05) is 11.3 Å². The Morgan fingerprint density at radius 1 is 1.21 bits per heavy atom. The average molecular weight is 460 g/mol. The Bertz CT molecular complexity index is 1270. The van der Waals surface area contributed by atoms with Gasteiger partial charge in [0.15, 0.2) is 11.6 Å². The van der Waals surface area contributed by atoms with Crippen LogP contribution in [-0.2, 0) is 13.0 Å². The number of hydrogen-bond acceptors (Lipinski definition) is 6. The highest BCUT2D eigenvalue weighted by Crippen LogP contribution is 2.31. The van der Waals surface area contributed by atoms with E-state index in [0.29, 0.717) is 27.9 Å². The molecule has 0 spiro atoms. The summed E-state index contributed by atoms with van der Waals surface area (Å²) < 4.78 is 7.49. The van der Waals surface area contributed by atoms with E-state index in [1.807, 2.05) is 43.6 Å². The van der Waals surface area contributed by atoms with E-state index in [9.17, 15) is 4.79 Å². The number of nitrogens with one attached hydrogen (secondary N) is 1. The molecule has 33 heavy (non-hydrogen) atoms. The summed E-state index contributed by atoms with van der Waals surface area (Å²) in [6.45, 7) is 2.57. The highest BCUT2D eigenvalue weighted by molar-refractivity contribution is 7.98. The van der Waals surface area contributed by atoms with Crippen LogP contribution in [0, 0.1) is 6.92 Å². The minimum Gasteiger partial charge on any atom is -0.461 e. The lowest BCUT2D eigenvalue weighted by Gasteiger charge is -2.25. The quantitative estimate of drug-likeness (QED) is 0.329. The van der Waals surface area contributed by atoms with E-state index in [1.54, 1.807) is 12.3 Å². The van der Waals surface area contributed by atoms with E-state index >= 15 is 0 Å². The van der Waals surface area contributed by atoms with Crippen LogP contribution in [0.2, 0.25) is 0 Å². The third-order valence-corrected chi connectivity index (χ3v) is 6.64. The van der Waals surface area contributed by atoms with Gasteiger partial charge in [-0.2, -0.15) is 5.10 Å². The number of furan rings is 1. The molecule has 1 atom stereocenters. The molecule has 1 aliphatic rings. The van der Waals surface area contributed by atoms with E-state index in [4.69, 9.17) is 4.42 Å². The standard InChI is InChI=1S/C25H25N5O2S/c1-16-22(25(33-2)29-23(27-16)21-12-7-13-32-21)24(31)28-19-10-6-11-20-18(19)14-26-30(20)15-17-8-4-3-5-9-17/h3-5,7-9,12-14,19H,6,10-11,15H2,1-2H3,(H,28,31). The number of thioether (sulfide) groups is 1. The van der Waals surface area contributed by atoms with Crippen molar-refractivity contribution in [1.82, 2.24) is 25.1 Å². The summed E-state index contributed by atoms with van der Waals surface area (Å²) in [6, 6.07) is 13.8. The predicted molar refractivity (Wildman–Crippen MR) is 127 cm³/mol. The van der Waals surface area contributed by atoms with Gasteiger partial charge in [-0.3, -0.25) is 9.48 Å². The zero-order valence-electron chi connectivity index (χ0n) is 18.6. The fourth-order valence-electron chi connectivity index (χ4n) is 4.36. The van der Waals surface area contributed by atoms with Gasteiger partial charge in [0.05, 0.1) is 36.3 Å². The summed E-state index contributed by atoms with van der Waals surface area (Å²) in [4.78, 5) is 22.5. The van der Waals surface area contributed by atoms with Crippen molar-refractivity contribution in [3.05, 3.63) is 83.0 Å². The summed E-state index contributed by atoms with van der Waals surface area (Å²) in [5.74, 6) is 0.917. The number of carbonyl (C=O) groups excluding carboxylic acids is 1. The topological polar surface area (TPSA) is 85.8 Å². The third kappa shape index (κ3) is 4.30. The van der Waals surface area contributed by atoms with E-state index in [0.717, 1.165) is 31.4 Å². The Balaban J connectivity index is 1.39. The second-order valence-electron chi connectivity index (χ2n) is 8.10. The number of nitrogens with zero attached hydrogens (tertiary/aromatic N) is 4. The molecule has 4 aromatic rings. The summed E-state index contributed by atoms with van der Waals surface area (Å²) in [6.07, 6.45) is 8.25. The molecule has 7 nitrogen and oxygen atoms in total. The second-order valence-corrected chi connectivity index (χ2v) is 8.90. The molecular formula is C25H25N5O2S. The first-order valence-corrected chi connectivity index (χ1v) is 12.2. The number of hydrogen-bond donors (Lipinski definition) is 1. The molecule has 3 aromatic heterocycles. The second kappa shape index (κ2) is 9.23. The third-order valence-electron chi connectivity index (χ3n) is 5.96. The summed E-state index contributed by atoms with van der Waals surface area (Å²) in [7, 11) is 0. The number of amides is 1. The van der Waals surface area contributed by atoms with Crippen molar-refractivity contribution < 1.29 is 9.21 Å². The van der Waals surface area contributed by atoms with E-state index in [2.05, 4.69) is 37.2 Å². The largest absolute Gasteiger partial charge is 0.461 e. The summed E-state index contributed by atoms with van der Waals surface area (Å²) >= 11 is 1.43. The van der Waals surface area contributed by atoms with Crippen LogP contribution in [0.3, 0.4) is 0 Å². The van der Waals surface area contributed by atoms with E-state index < -0.39 is 0 Å². The molecule has 1 amide bonds. The lowest BCUT2D eigenvalue weighted by Crippen LogP contribution is -2.32. The van der Waals surface area contributed by atoms with Gasteiger partial charge in [0.2, 0.25) is 0 Å². The first-order valence-electron chi connectivity index (χ1n) is 11.0. The van der Waals surface area contributed by atoms with Gasteiger partial charge >= 0.3 is 0 Å². The van der Waals surface area contributed by atoms with Crippen molar-refractivity contribution in [1.29, 1.82) is 0 Å². The molecule has 1 N–H and O–H groups in total. The number of fused-ring (bicyclic) bond motifs is 1. The van der Waals surface area contributed by atoms with Crippen LogP contribution >= 0.6 is 11.8 Å². The van der Waals surface area contributed by atoms with E-state index in [1.165, 1.54) is 23.0 Å². The van der Waals surface area contributed by atoms with Crippen LogP contribution < -0.4 is 5.32 Å². The minimum atomic E-state index is -0.156. The van der Waals surface area contributed by atoms with Crippen LogP contribution in [0.25, 0.3) is 11.6 Å². The molecule has 8 heteroatoms. The van der Waals surface area contributed by atoms with Gasteiger partial charge in [-0.1, -0.05) is 30.3 Å². The van der Waals surface area contributed by atoms with Crippen molar-refractivity contribution in [3.8, 4) is 11.6 Å². The highest BCUT2D eigenvalue weighted by atomic mass is 32.2. The van der Waals surface area contributed by atoms with Crippen LogP contribution in [-0.4, -0.2) is 31.9 Å². The first kappa shape index (κ1) is 21.5. The Kier molecular flexibility index (Phi) is 6.00. The van der Waals surface area contributed by atoms with Crippen molar-refractivity contribution in [3.63, 3.8) is 0 Å². The van der Waals surface area contributed by atoms with Crippen LogP contribution in [0.15, 0.2) is 64.4 Å². The molecule has 0 aliphatic heterocycles. The number of aryl methyl sites for hydroxylation is 1. The highest BCUT2D eigenvalue weighted by Gasteiger charge is 2.28. The van der Waals surface area contributed by atoms with Gasteiger partial charge in [-0.05, 0) is 50.1 Å². The van der Waals surface area contributed by atoms with Crippen LogP contribution in [0.1, 0.15) is 51.8 Å². The van der Waals surface area contributed by atoms with E-state index in [-0.39, 0.29) is 11.9 Å². The van der Waals surface area contributed by atoms with Crippen molar-refractivity contribution in [2.45, 2.75) is 43.8 Å². The maximum Gasteiger partial charge on any atom is 0.256 e. The smallest absolute Gasteiger partial charge is 0.256 e. The number of carbonyl (C=O) groups is 1. The SMILES string of the molecule is CSc1nc(-c2ccco2)nc(C)c1C(=O)NC1CCCc2c1cnn2Cc1ccccc1. The maximum atomic E-state index is 13.4.